The van der Waals surface area contributed by atoms with Crippen molar-refractivity contribution in [1.29, 1.82) is 0 Å². The van der Waals surface area contributed by atoms with Gasteiger partial charge < -0.3 is 15.4 Å². The minimum absolute atomic E-state index is 0. The number of hydrogen-bond acceptors (Lipinski definition) is 3. The number of fused-ring (bicyclic) bond motifs is 2. The summed E-state index contributed by atoms with van der Waals surface area (Å²) in [4.78, 5) is 11.9. The lowest BCUT2D eigenvalue weighted by Crippen LogP contribution is -2.39. The highest BCUT2D eigenvalue weighted by atomic mass is 35.5. The molecule has 4 nitrogen and oxygen atoms in total. The van der Waals surface area contributed by atoms with Gasteiger partial charge in [0, 0.05) is 38.3 Å². The molecule has 2 rings (SSSR count). The van der Waals surface area contributed by atoms with E-state index in [0.29, 0.717) is 18.0 Å². The topological polar surface area (TPSA) is 50.4 Å². The van der Waals surface area contributed by atoms with Crippen LogP contribution >= 0.6 is 12.4 Å². The zero-order valence-electron chi connectivity index (χ0n) is 12.5. The Balaban J connectivity index is 0.00000200. The molecule has 2 saturated heterocycles. The summed E-state index contributed by atoms with van der Waals surface area (Å²) in [6.07, 6.45) is 7.76. The monoisotopic (exact) mass is 304 g/mol. The van der Waals surface area contributed by atoms with Crippen LogP contribution in [0.5, 0.6) is 0 Å². The van der Waals surface area contributed by atoms with Gasteiger partial charge in [0.25, 0.3) is 0 Å². The van der Waals surface area contributed by atoms with Crippen molar-refractivity contribution in [3.63, 3.8) is 0 Å². The lowest BCUT2D eigenvalue weighted by molar-refractivity contribution is -0.122. The largest absolute Gasteiger partial charge is 0.382 e. The highest BCUT2D eigenvalue weighted by molar-refractivity contribution is 5.85. The zero-order chi connectivity index (χ0) is 13.5. The highest BCUT2D eigenvalue weighted by Gasteiger charge is 2.33. The number of hydrogen-bond donors (Lipinski definition) is 2. The molecule has 2 N–H and O–H groups in total. The Labute approximate surface area is 128 Å². The molecule has 2 fully saturated rings. The molecule has 2 atom stereocenters. The number of nitrogens with one attached hydrogen (secondary N) is 2. The average Bonchev–Trinajstić information content (AvgIpc) is 2.73. The molecule has 0 aromatic heterocycles. The van der Waals surface area contributed by atoms with Gasteiger partial charge in [0.15, 0.2) is 0 Å². The van der Waals surface area contributed by atoms with Gasteiger partial charge in [0.1, 0.15) is 0 Å². The lowest BCUT2D eigenvalue weighted by atomic mass is 9.89. The Kier molecular flexibility index (Phi) is 8.50. The fourth-order valence-electron chi connectivity index (χ4n) is 3.38. The van der Waals surface area contributed by atoms with Crippen molar-refractivity contribution in [3.05, 3.63) is 0 Å². The van der Waals surface area contributed by atoms with E-state index in [0.717, 1.165) is 39.0 Å². The zero-order valence-corrected chi connectivity index (χ0v) is 13.3. The van der Waals surface area contributed by atoms with Crippen molar-refractivity contribution in [2.75, 3.05) is 19.8 Å². The fraction of sp³-hybridized carbons (Fsp3) is 0.933. The predicted octanol–water partition coefficient (Wildman–Crippen LogP) is 2.26. The Morgan fingerprint density at radius 3 is 2.60 bits per heavy atom. The summed E-state index contributed by atoms with van der Waals surface area (Å²) in [5.74, 6) is 0.838. The third-order valence-electron chi connectivity index (χ3n) is 4.29. The van der Waals surface area contributed by atoms with Crippen molar-refractivity contribution >= 4 is 18.3 Å². The first kappa shape index (κ1) is 17.7. The van der Waals surface area contributed by atoms with Gasteiger partial charge in [0.2, 0.25) is 5.91 Å². The summed E-state index contributed by atoms with van der Waals surface area (Å²) < 4.78 is 5.27. The first-order valence-corrected chi connectivity index (χ1v) is 7.88. The maximum atomic E-state index is 11.9. The number of rotatable bonds is 8. The Hall–Kier alpha value is -0.320. The number of halogens is 1. The van der Waals surface area contributed by atoms with Crippen molar-refractivity contribution in [3.8, 4) is 0 Å². The molecule has 2 unspecified atom stereocenters. The molecule has 2 aliphatic rings. The van der Waals surface area contributed by atoms with Gasteiger partial charge in [-0.1, -0.05) is 0 Å². The molecule has 0 radical (unpaired) electrons. The van der Waals surface area contributed by atoms with Gasteiger partial charge in [-0.15, -0.1) is 12.4 Å². The Morgan fingerprint density at radius 1 is 1.25 bits per heavy atom. The van der Waals surface area contributed by atoms with Crippen molar-refractivity contribution < 1.29 is 9.53 Å². The number of carbonyl (C=O) groups excluding carboxylic acids is 1. The van der Waals surface area contributed by atoms with Crippen molar-refractivity contribution in [1.82, 2.24) is 10.6 Å². The summed E-state index contributed by atoms with van der Waals surface area (Å²) in [5, 5.41) is 6.66. The molecule has 0 spiro atoms. The van der Waals surface area contributed by atoms with Crippen LogP contribution in [0, 0.1) is 5.92 Å². The van der Waals surface area contributed by atoms with Crippen LogP contribution in [0.2, 0.25) is 0 Å². The molecule has 118 valence electrons. The standard InChI is InChI=1S/C15H28N2O2.ClH/c1-2-19-8-4-3-7-16-15(18)11-12-9-13-5-6-14(10-12)17-13;/h12-14,17H,2-11H2,1H3,(H,16,18);1H. The van der Waals surface area contributed by atoms with Crippen LogP contribution in [0.1, 0.15) is 51.9 Å². The van der Waals surface area contributed by atoms with Gasteiger partial charge >= 0.3 is 0 Å². The molecule has 0 saturated carbocycles. The van der Waals surface area contributed by atoms with E-state index in [1.54, 1.807) is 0 Å². The number of unbranched alkanes of at least 4 members (excludes halogenated alkanes) is 1. The first-order valence-electron chi connectivity index (χ1n) is 7.88. The maximum Gasteiger partial charge on any atom is 0.220 e. The van der Waals surface area contributed by atoms with Crippen LogP contribution in [-0.4, -0.2) is 37.7 Å². The third kappa shape index (κ3) is 5.98. The summed E-state index contributed by atoms with van der Waals surface area (Å²) in [7, 11) is 0. The second-order valence-electron chi connectivity index (χ2n) is 5.93. The number of piperidine rings is 1. The second kappa shape index (κ2) is 9.59. The lowest BCUT2D eigenvalue weighted by Gasteiger charge is -2.28. The maximum absolute atomic E-state index is 11.9. The predicted molar refractivity (Wildman–Crippen MR) is 83.3 cm³/mol. The van der Waals surface area contributed by atoms with Crippen LogP contribution in [-0.2, 0) is 9.53 Å². The van der Waals surface area contributed by atoms with Gasteiger partial charge in [0.05, 0.1) is 0 Å². The van der Waals surface area contributed by atoms with Crippen LogP contribution in [0.4, 0.5) is 0 Å². The second-order valence-corrected chi connectivity index (χ2v) is 5.93. The molecule has 0 aliphatic carbocycles. The SMILES string of the molecule is CCOCCCCNC(=O)CC1CC2CCC(C1)N2.Cl. The normalized spacial score (nSPS) is 27.9. The van der Waals surface area contributed by atoms with E-state index < -0.39 is 0 Å². The number of ether oxygens (including phenoxy) is 1. The molecule has 1 amide bonds. The van der Waals surface area contributed by atoms with E-state index in [9.17, 15) is 4.79 Å². The van der Waals surface area contributed by atoms with Crippen LogP contribution < -0.4 is 10.6 Å². The Morgan fingerprint density at radius 2 is 1.95 bits per heavy atom. The molecule has 0 aromatic carbocycles. The fourth-order valence-corrected chi connectivity index (χ4v) is 3.38. The molecule has 2 aliphatic heterocycles. The van der Waals surface area contributed by atoms with E-state index in [1.807, 2.05) is 6.92 Å². The smallest absolute Gasteiger partial charge is 0.220 e. The van der Waals surface area contributed by atoms with E-state index >= 15 is 0 Å². The van der Waals surface area contributed by atoms with E-state index in [1.165, 1.54) is 25.7 Å². The quantitative estimate of drug-likeness (QED) is 0.676. The van der Waals surface area contributed by atoms with E-state index in [-0.39, 0.29) is 18.3 Å². The highest BCUT2D eigenvalue weighted by Crippen LogP contribution is 2.32. The van der Waals surface area contributed by atoms with Gasteiger partial charge in [-0.05, 0) is 51.4 Å². The number of carbonyl (C=O) groups is 1. The third-order valence-corrected chi connectivity index (χ3v) is 4.29. The summed E-state index contributed by atoms with van der Waals surface area (Å²) >= 11 is 0. The van der Waals surface area contributed by atoms with Crippen LogP contribution in [0.15, 0.2) is 0 Å². The number of amides is 1. The first-order chi connectivity index (χ1) is 9.28. The molecule has 0 aromatic rings. The van der Waals surface area contributed by atoms with Gasteiger partial charge in [-0.3, -0.25) is 4.79 Å². The average molecular weight is 305 g/mol. The molecule has 2 heterocycles. The minimum atomic E-state index is 0. The van der Waals surface area contributed by atoms with Gasteiger partial charge in [-0.2, -0.15) is 0 Å². The minimum Gasteiger partial charge on any atom is -0.382 e. The molecular weight excluding hydrogens is 276 g/mol. The Bertz CT molecular complexity index is 277. The van der Waals surface area contributed by atoms with Crippen molar-refractivity contribution in [2.24, 2.45) is 5.92 Å². The summed E-state index contributed by atoms with van der Waals surface area (Å²) in [6, 6.07) is 1.37. The molecular formula is C15H29ClN2O2. The van der Waals surface area contributed by atoms with E-state index in [4.69, 9.17) is 4.74 Å². The van der Waals surface area contributed by atoms with Crippen LogP contribution in [0.3, 0.4) is 0 Å². The van der Waals surface area contributed by atoms with Gasteiger partial charge in [-0.25, -0.2) is 0 Å². The molecule has 2 bridgehead atoms. The molecule has 20 heavy (non-hydrogen) atoms. The van der Waals surface area contributed by atoms with E-state index in [2.05, 4.69) is 10.6 Å². The van der Waals surface area contributed by atoms with Crippen LogP contribution in [0.25, 0.3) is 0 Å². The summed E-state index contributed by atoms with van der Waals surface area (Å²) in [6.45, 7) is 4.39. The molecule has 5 heteroatoms. The summed E-state index contributed by atoms with van der Waals surface area (Å²) in [5.41, 5.74) is 0. The van der Waals surface area contributed by atoms with Crippen molar-refractivity contribution in [2.45, 2.75) is 64.0 Å².